The molecule has 1 amide bonds. The van der Waals surface area contributed by atoms with Crippen molar-refractivity contribution in [3.63, 3.8) is 0 Å². The molecule has 2 aromatic heterocycles. The molecule has 0 atom stereocenters. The minimum absolute atomic E-state index is 0.0903. The number of amides is 1. The Morgan fingerprint density at radius 3 is 2.67 bits per heavy atom. The summed E-state index contributed by atoms with van der Waals surface area (Å²) >= 11 is 0. The minimum Gasteiger partial charge on any atom is -0.465 e. The van der Waals surface area contributed by atoms with Crippen LogP contribution in [0.4, 0.5) is 0 Å². The van der Waals surface area contributed by atoms with E-state index in [1.54, 1.807) is 0 Å². The zero-order chi connectivity index (χ0) is 17.5. The summed E-state index contributed by atoms with van der Waals surface area (Å²) in [5.41, 5.74) is 2.89. The molecule has 1 saturated carbocycles. The number of furan rings is 1. The van der Waals surface area contributed by atoms with E-state index in [1.165, 1.54) is 24.8 Å². The van der Waals surface area contributed by atoms with Gasteiger partial charge in [0.2, 0.25) is 0 Å². The number of rotatable bonds is 4. The average molecular weight is 329 g/mol. The minimum atomic E-state index is -0.108. The molecule has 1 N–H and O–H groups in total. The second-order valence-corrected chi connectivity index (χ2v) is 7.81. The van der Waals surface area contributed by atoms with E-state index in [1.807, 2.05) is 30.9 Å². The fourth-order valence-electron chi connectivity index (χ4n) is 3.09. The molecule has 1 aliphatic rings. The molecule has 0 saturated heterocycles. The molecule has 2 heterocycles. The highest BCUT2D eigenvalue weighted by Gasteiger charge is 2.26. The number of aromatic nitrogens is 2. The van der Waals surface area contributed by atoms with Gasteiger partial charge in [0.25, 0.3) is 5.91 Å². The lowest BCUT2D eigenvalue weighted by atomic mass is 9.80. The van der Waals surface area contributed by atoms with Crippen LogP contribution >= 0.6 is 0 Å². The van der Waals surface area contributed by atoms with Gasteiger partial charge in [0, 0.05) is 12.5 Å². The van der Waals surface area contributed by atoms with Gasteiger partial charge in [-0.25, -0.2) is 0 Å². The molecule has 5 heteroatoms. The summed E-state index contributed by atoms with van der Waals surface area (Å²) in [5, 5.41) is 7.40. The smallest absolute Gasteiger partial charge is 0.255 e. The van der Waals surface area contributed by atoms with Crippen LogP contribution in [0.5, 0.6) is 0 Å². The molecule has 5 nitrogen and oxygen atoms in total. The fraction of sp³-hybridized carbons (Fsp3) is 0.579. The van der Waals surface area contributed by atoms with Gasteiger partial charge in [-0.2, -0.15) is 5.10 Å². The van der Waals surface area contributed by atoms with Crippen LogP contribution in [0, 0.1) is 6.92 Å². The van der Waals surface area contributed by atoms with Gasteiger partial charge in [0.05, 0.1) is 24.0 Å². The molecule has 0 unspecified atom stereocenters. The Morgan fingerprint density at radius 2 is 2.12 bits per heavy atom. The lowest BCUT2D eigenvalue weighted by Gasteiger charge is -2.25. The summed E-state index contributed by atoms with van der Waals surface area (Å²) in [5.74, 6) is 2.02. The topological polar surface area (TPSA) is 60.1 Å². The maximum Gasteiger partial charge on any atom is 0.255 e. The third-order valence-electron chi connectivity index (χ3n) is 4.96. The third kappa shape index (κ3) is 3.12. The molecular formula is C19H27N3O2. The lowest BCUT2D eigenvalue weighted by Crippen LogP contribution is -2.25. The highest BCUT2D eigenvalue weighted by molar-refractivity contribution is 5.95. The summed E-state index contributed by atoms with van der Waals surface area (Å²) < 4.78 is 7.64. The fourth-order valence-corrected chi connectivity index (χ4v) is 3.09. The Bertz CT molecular complexity index is 745. The number of nitrogens with zero attached hydrogens (tertiary/aromatic N) is 2. The van der Waals surface area contributed by atoms with E-state index in [0.29, 0.717) is 23.8 Å². The second-order valence-electron chi connectivity index (χ2n) is 7.81. The molecule has 0 spiro atoms. The van der Waals surface area contributed by atoms with Crippen molar-refractivity contribution in [1.82, 2.24) is 15.1 Å². The number of hydrogen-bond donors (Lipinski definition) is 1. The van der Waals surface area contributed by atoms with E-state index in [-0.39, 0.29) is 11.3 Å². The zero-order valence-corrected chi connectivity index (χ0v) is 15.3. The molecular weight excluding hydrogens is 302 g/mol. The highest BCUT2D eigenvalue weighted by Crippen LogP contribution is 2.37. The van der Waals surface area contributed by atoms with E-state index >= 15 is 0 Å². The molecule has 0 bridgehead atoms. The Labute approximate surface area is 143 Å². The first-order chi connectivity index (χ1) is 11.3. The standard InChI is InChI=1S/C19H27N3O2/c1-12-14(9-17(24-12)19(2,3)4)18(23)20-11-16-15(10-21-22(16)5)13-7-6-8-13/h9-10,13H,6-8,11H2,1-5H3,(H,20,23). The molecule has 2 aromatic rings. The Morgan fingerprint density at radius 1 is 1.42 bits per heavy atom. The van der Waals surface area contributed by atoms with E-state index in [4.69, 9.17) is 4.42 Å². The maximum atomic E-state index is 12.6. The number of aryl methyl sites for hydroxylation is 2. The number of nitrogens with one attached hydrogen (secondary N) is 1. The van der Waals surface area contributed by atoms with E-state index in [2.05, 4.69) is 31.2 Å². The Balaban J connectivity index is 1.73. The molecule has 130 valence electrons. The van der Waals surface area contributed by atoms with E-state index in [9.17, 15) is 4.79 Å². The van der Waals surface area contributed by atoms with Crippen LogP contribution in [-0.2, 0) is 19.0 Å². The molecule has 1 aliphatic carbocycles. The SMILES string of the molecule is Cc1oc(C(C)(C)C)cc1C(=O)NCc1c(C2CCC2)cnn1C. The molecule has 0 aromatic carbocycles. The molecule has 24 heavy (non-hydrogen) atoms. The Kier molecular flexibility index (Phi) is 4.28. The average Bonchev–Trinajstić information content (AvgIpc) is 2.99. The van der Waals surface area contributed by atoms with Crippen molar-refractivity contribution in [3.05, 3.63) is 40.6 Å². The van der Waals surface area contributed by atoms with Crippen LogP contribution in [0.2, 0.25) is 0 Å². The van der Waals surface area contributed by atoms with Crippen molar-refractivity contribution in [3.8, 4) is 0 Å². The Hall–Kier alpha value is -2.04. The van der Waals surface area contributed by atoms with Crippen LogP contribution in [0.1, 0.15) is 79.1 Å². The maximum absolute atomic E-state index is 12.6. The van der Waals surface area contributed by atoms with Gasteiger partial charge in [0.15, 0.2) is 0 Å². The van der Waals surface area contributed by atoms with Crippen LogP contribution in [0.3, 0.4) is 0 Å². The molecule has 0 radical (unpaired) electrons. The number of carbonyl (C=O) groups excluding carboxylic acids is 1. The van der Waals surface area contributed by atoms with Gasteiger partial charge >= 0.3 is 0 Å². The lowest BCUT2D eigenvalue weighted by molar-refractivity contribution is 0.0948. The van der Waals surface area contributed by atoms with E-state index < -0.39 is 0 Å². The van der Waals surface area contributed by atoms with Gasteiger partial charge < -0.3 is 9.73 Å². The third-order valence-corrected chi connectivity index (χ3v) is 4.96. The van der Waals surface area contributed by atoms with Crippen molar-refractivity contribution < 1.29 is 9.21 Å². The summed E-state index contributed by atoms with van der Waals surface area (Å²) in [6.45, 7) is 8.57. The predicted molar refractivity (Wildman–Crippen MR) is 93.1 cm³/mol. The van der Waals surface area contributed by atoms with Gasteiger partial charge in [-0.15, -0.1) is 0 Å². The largest absolute Gasteiger partial charge is 0.465 e. The van der Waals surface area contributed by atoms with Crippen molar-refractivity contribution in [2.45, 2.75) is 64.8 Å². The highest BCUT2D eigenvalue weighted by atomic mass is 16.3. The first-order valence-electron chi connectivity index (χ1n) is 8.67. The first kappa shape index (κ1) is 16.8. The number of hydrogen-bond acceptors (Lipinski definition) is 3. The molecule has 3 rings (SSSR count). The monoisotopic (exact) mass is 329 g/mol. The van der Waals surface area contributed by atoms with Crippen LogP contribution in [-0.4, -0.2) is 15.7 Å². The van der Waals surface area contributed by atoms with Gasteiger partial charge in [0.1, 0.15) is 11.5 Å². The predicted octanol–water partition coefficient (Wildman–Crippen LogP) is 3.82. The van der Waals surface area contributed by atoms with Crippen molar-refractivity contribution in [2.75, 3.05) is 0 Å². The van der Waals surface area contributed by atoms with Crippen LogP contribution < -0.4 is 5.32 Å². The summed E-state index contributed by atoms with van der Waals surface area (Å²) in [6.07, 6.45) is 5.69. The van der Waals surface area contributed by atoms with Crippen molar-refractivity contribution in [2.24, 2.45) is 7.05 Å². The summed E-state index contributed by atoms with van der Waals surface area (Å²) in [4.78, 5) is 12.6. The van der Waals surface area contributed by atoms with Crippen LogP contribution in [0.25, 0.3) is 0 Å². The van der Waals surface area contributed by atoms with Crippen molar-refractivity contribution >= 4 is 5.91 Å². The van der Waals surface area contributed by atoms with Gasteiger partial charge in [-0.1, -0.05) is 27.2 Å². The van der Waals surface area contributed by atoms with Gasteiger partial charge in [-0.05, 0) is 37.3 Å². The molecule has 1 fully saturated rings. The molecule has 0 aliphatic heterocycles. The zero-order valence-electron chi connectivity index (χ0n) is 15.3. The second kappa shape index (κ2) is 6.11. The summed E-state index contributed by atoms with van der Waals surface area (Å²) in [6, 6.07) is 1.86. The normalized spacial score (nSPS) is 15.4. The first-order valence-corrected chi connectivity index (χ1v) is 8.67. The van der Waals surface area contributed by atoms with Gasteiger partial charge in [-0.3, -0.25) is 9.48 Å². The quantitative estimate of drug-likeness (QED) is 0.927. The number of carbonyl (C=O) groups is 1. The van der Waals surface area contributed by atoms with Crippen molar-refractivity contribution in [1.29, 1.82) is 0 Å². The van der Waals surface area contributed by atoms with E-state index in [0.717, 1.165) is 11.5 Å². The summed E-state index contributed by atoms with van der Waals surface area (Å²) in [7, 11) is 1.93. The van der Waals surface area contributed by atoms with Crippen LogP contribution in [0.15, 0.2) is 16.7 Å².